The number of nitrogens with one attached hydrogen (secondary N) is 1. The first-order chi connectivity index (χ1) is 15.4. The van der Waals surface area contributed by atoms with Crippen LogP contribution < -0.4 is 34.9 Å². The smallest absolute Gasteiger partial charge is 0.748 e. The van der Waals surface area contributed by atoms with Gasteiger partial charge in [0.25, 0.3) is 0 Å². The average molecular weight is 506 g/mol. The van der Waals surface area contributed by atoms with E-state index in [9.17, 15) is 22.9 Å². The summed E-state index contributed by atoms with van der Waals surface area (Å²) in [4.78, 5) is 12.2. The molecular weight excluding hydrogens is 461 g/mol. The van der Waals surface area contributed by atoms with Crippen LogP contribution in [0.15, 0.2) is 0 Å². The van der Waals surface area contributed by atoms with Gasteiger partial charge in [0.2, 0.25) is 5.91 Å². The van der Waals surface area contributed by atoms with E-state index >= 15 is 0 Å². The maximum atomic E-state index is 12.2. The molecule has 1 amide bonds. The van der Waals surface area contributed by atoms with Crippen molar-refractivity contribution in [3.63, 3.8) is 0 Å². The molecule has 4 aliphatic rings. The van der Waals surface area contributed by atoms with Crippen molar-refractivity contribution in [2.75, 3.05) is 12.3 Å². The topological polar surface area (TPSA) is 107 Å². The second-order valence-corrected chi connectivity index (χ2v) is 14.0. The molecule has 0 radical (unpaired) electrons. The zero-order chi connectivity index (χ0) is 24.0. The number of aliphatic hydroxyl groups excluding tert-OH is 1. The number of aliphatic hydroxyl groups is 1. The molecule has 0 bridgehead atoms. The zero-order valence-corrected chi connectivity index (χ0v) is 24.5. The Kier molecular flexibility index (Phi) is 9.34. The molecule has 0 aliphatic heterocycles. The molecule has 2 unspecified atom stereocenters. The van der Waals surface area contributed by atoms with Crippen LogP contribution >= 0.6 is 0 Å². The summed E-state index contributed by atoms with van der Waals surface area (Å²) in [5.41, 5.74) is 0.758. The summed E-state index contributed by atoms with van der Waals surface area (Å²) in [6.07, 6.45) is 12.0. The number of hydrogen-bond acceptors (Lipinski definition) is 5. The molecular formula is C26H44NNaO5S. The molecule has 4 saturated carbocycles. The van der Waals surface area contributed by atoms with E-state index in [0.29, 0.717) is 35.0 Å². The van der Waals surface area contributed by atoms with Gasteiger partial charge in [-0.3, -0.25) is 4.79 Å². The van der Waals surface area contributed by atoms with Gasteiger partial charge in [0, 0.05) is 13.0 Å². The molecule has 0 saturated heterocycles. The molecule has 4 fully saturated rings. The van der Waals surface area contributed by atoms with Gasteiger partial charge in [-0.1, -0.05) is 20.8 Å². The minimum absolute atomic E-state index is 0. The molecule has 4 rings (SSSR count). The first-order valence-corrected chi connectivity index (χ1v) is 14.9. The summed E-state index contributed by atoms with van der Waals surface area (Å²) in [6, 6.07) is 0. The van der Waals surface area contributed by atoms with Crippen molar-refractivity contribution in [3.8, 4) is 0 Å². The van der Waals surface area contributed by atoms with Crippen LogP contribution in [0.25, 0.3) is 0 Å². The van der Waals surface area contributed by atoms with Crippen LogP contribution in [-0.2, 0) is 14.9 Å². The normalized spacial score (nSPS) is 42.5. The van der Waals surface area contributed by atoms with Gasteiger partial charge in [0.05, 0.1) is 22.0 Å². The third kappa shape index (κ3) is 5.75. The number of fused-ring (bicyclic) bond motifs is 5. The van der Waals surface area contributed by atoms with Crippen molar-refractivity contribution < 1.29 is 52.4 Å². The Labute approximate surface area is 228 Å². The van der Waals surface area contributed by atoms with E-state index in [1.54, 1.807) is 0 Å². The first kappa shape index (κ1) is 28.9. The molecule has 0 spiro atoms. The van der Waals surface area contributed by atoms with E-state index in [-0.39, 0.29) is 48.1 Å². The quantitative estimate of drug-likeness (QED) is 0.398. The van der Waals surface area contributed by atoms with Crippen molar-refractivity contribution in [1.29, 1.82) is 0 Å². The van der Waals surface area contributed by atoms with Crippen LogP contribution in [0.5, 0.6) is 0 Å². The van der Waals surface area contributed by atoms with Crippen LogP contribution in [0.4, 0.5) is 0 Å². The van der Waals surface area contributed by atoms with Crippen LogP contribution in [0.3, 0.4) is 0 Å². The number of rotatable bonds is 7. The first-order valence-electron chi connectivity index (χ1n) is 13.3. The fourth-order valence-corrected chi connectivity index (χ4v) is 9.53. The fourth-order valence-electron chi connectivity index (χ4n) is 9.17. The van der Waals surface area contributed by atoms with Gasteiger partial charge in [-0.05, 0) is 111 Å². The summed E-state index contributed by atoms with van der Waals surface area (Å²) in [5, 5.41) is 12.8. The van der Waals surface area contributed by atoms with E-state index < -0.39 is 15.9 Å². The number of carbonyl (C=O) groups is 1. The molecule has 8 heteroatoms. The Morgan fingerprint density at radius 2 is 1.74 bits per heavy atom. The summed E-state index contributed by atoms with van der Waals surface area (Å²) in [6.45, 7) is 7.26. The Hall–Kier alpha value is 0.340. The number of amides is 1. The van der Waals surface area contributed by atoms with E-state index in [0.717, 1.165) is 37.0 Å². The Morgan fingerprint density at radius 3 is 2.44 bits per heavy atom. The molecule has 2 N–H and O–H groups in total. The predicted molar refractivity (Wildman–Crippen MR) is 127 cm³/mol. The number of hydrogen-bond donors (Lipinski definition) is 2. The fraction of sp³-hybridized carbons (Fsp3) is 0.962. The predicted octanol–water partition coefficient (Wildman–Crippen LogP) is 1.09. The zero-order valence-electron chi connectivity index (χ0n) is 21.7. The molecule has 0 heterocycles. The average Bonchev–Trinajstić information content (AvgIpc) is 3.09. The van der Waals surface area contributed by atoms with Gasteiger partial charge < -0.3 is 15.0 Å². The second-order valence-electron chi connectivity index (χ2n) is 12.4. The second kappa shape index (κ2) is 11.0. The molecule has 9 atom stereocenters. The standard InChI is InChI=1S/C26H45NO5S.Na/c1-17(4-9-24(29)27-14-15-33(30,31)32)21-7-8-22-20-6-5-18-16-19(28)10-12-25(18,2)23(20)11-13-26(21,22)3;/h17-23,28H,4-16H2,1-3H3,(H,27,29)(H,30,31,32);/q;+1/p-1/t17-,18-,19-,20+,21?,22+,23?,25+,26-;/m1./s1. The van der Waals surface area contributed by atoms with Crippen LogP contribution in [-0.4, -0.2) is 42.4 Å². The monoisotopic (exact) mass is 505 g/mol. The van der Waals surface area contributed by atoms with Gasteiger partial charge in [-0.15, -0.1) is 0 Å². The summed E-state index contributed by atoms with van der Waals surface area (Å²) < 4.78 is 32.1. The Balaban J connectivity index is 0.00000324. The molecule has 6 nitrogen and oxygen atoms in total. The van der Waals surface area contributed by atoms with E-state index in [4.69, 9.17) is 0 Å². The van der Waals surface area contributed by atoms with E-state index in [1.165, 1.54) is 44.9 Å². The largest absolute Gasteiger partial charge is 1.00 e. The maximum absolute atomic E-state index is 12.2. The van der Waals surface area contributed by atoms with Gasteiger partial charge in [-0.2, -0.15) is 0 Å². The van der Waals surface area contributed by atoms with Crippen molar-refractivity contribution in [2.24, 2.45) is 46.3 Å². The molecule has 0 aromatic carbocycles. The SMILES string of the molecule is C[C@H](CCC(=O)NCCS(=O)(=O)[O-])C1CC[C@H]2[C@@H]3CC[C@@H]4C[C@H](O)CC[C@]4(C)C3CC[C@]12C.[Na+]. The molecule has 34 heavy (non-hydrogen) atoms. The van der Waals surface area contributed by atoms with Crippen molar-refractivity contribution in [3.05, 3.63) is 0 Å². The number of carbonyl (C=O) groups excluding carboxylic acids is 1. The molecule has 0 aromatic rings. The molecule has 0 aromatic heterocycles. The van der Waals surface area contributed by atoms with Crippen LogP contribution in [0.2, 0.25) is 0 Å². The van der Waals surface area contributed by atoms with Gasteiger partial charge in [-0.25, -0.2) is 8.42 Å². The van der Waals surface area contributed by atoms with Crippen molar-refractivity contribution in [1.82, 2.24) is 5.32 Å². The van der Waals surface area contributed by atoms with E-state index in [1.807, 2.05) is 0 Å². The Bertz CT molecular complexity index is 837. The minimum atomic E-state index is -4.29. The van der Waals surface area contributed by atoms with Crippen LogP contribution in [0.1, 0.15) is 91.4 Å². The summed E-state index contributed by atoms with van der Waals surface area (Å²) in [5.74, 6) is 3.49. The molecule has 4 aliphatic carbocycles. The van der Waals surface area contributed by atoms with E-state index in [2.05, 4.69) is 26.1 Å². The summed E-state index contributed by atoms with van der Waals surface area (Å²) in [7, 11) is -4.29. The molecule has 190 valence electrons. The van der Waals surface area contributed by atoms with Crippen molar-refractivity contribution >= 4 is 16.0 Å². The maximum Gasteiger partial charge on any atom is 1.00 e. The third-order valence-electron chi connectivity index (χ3n) is 10.9. The van der Waals surface area contributed by atoms with Gasteiger partial charge >= 0.3 is 29.6 Å². The third-order valence-corrected chi connectivity index (χ3v) is 11.6. The minimum Gasteiger partial charge on any atom is -0.748 e. The van der Waals surface area contributed by atoms with Crippen molar-refractivity contribution in [2.45, 2.75) is 97.5 Å². The Morgan fingerprint density at radius 1 is 1.06 bits per heavy atom. The van der Waals surface area contributed by atoms with Gasteiger partial charge in [0.15, 0.2) is 0 Å². The van der Waals surface area contributed by atoms with Gasteiger partial charge in [0.1, 0.15) is 0 Å². The van der Waals surface area contributed by atoms with Crippen LogP contribution in [0, 0.1) is 46.3 Å². The summed E-state index contributed by atoms with van der Waals surface area (Å²) >= 11 is 0.